The van der Waals surface area contributed by atoms with Gasteiger partial charge in [-0.2, -0.15) is 0 Å². The Balaban J connectivity index is 3.90. The van der Waals surface area contributed by atoms with E-state index in [0.29, 0.717) is 19.4 Å². The van der Waals surface area contributed by atoms with Crippen LogP contribution in [-0.4, -0.2) is 31.1 Å². The summed E-state index contributed by atoms with van der Waals surface area (Å²) in [6.45, 7) is 5.64. The Kier molecular flexibility index (Phi) is 7.02. The van der Waals surface area contributed by atoms with E-state index in [1.54, 1.807) is 13.8 Å². The van der Waals surface area contributed by atoms with Crippen LogP contribution >= 0.6 is 0 Å². The van der Waals surface area contributed by atoms with Crippen LogP contribution in [0.5, 0.6) is 0 Å². The molecule has 0 amide bonds. The molecule has 4 heteroatoms. The van der Waals surface area contributed by atoms with Gasteiger partial charge in [0, 0.05) is 6.42 Å². The molecule has 0 aromatic rings. The fourth-order valence-corrected chi connectivity index (χ4v) is 0.883. The Bertz CT molecular complexity index is 189. The topological polar surface area (TPSA) is 52.6 Å². The number of hydrogen-bond donors (Lipinski definition) is 0. The van der Waals surface area contributed by atoms with Crippen molar-refractivity contribution in [2.24, 2.45) is 0 Å². The summed E-state index contributed by atoms with van der Waals surface area (Å²) in [5.41, 5.74) is 0. The van der Waals surface area contributed by atoms with E-state index in [4.69, 9.17) is 9.47 Å². The van der Waals surface area contributed by atoms with E-state index in [9.17, 15) is 9.59 Å². The molecule has 0 saturated carbocycles. The van der Waals surface area contributed by atoms with Gasteiger partial charge in [-0.05, 0) is 13.3 Å². The average Bonchev–Trinajstić information content (AvgIpc) is 2.18. The predicted octanol–water partition coefficient (Wildman–Crippen LogP) is 1.32. The Morgan fingerprint density at radius 1 is 1.21 bits per heavy atom. The highest BCUT2D eigenvalue weighted by Gasteiger charge is 2.18. The first-order chi connectivity index (χ1) is 6.65. The Hall–Kier alpha value is -0.900. The second-order valence-corrected chi connectivity index (χ2v) is 2.85. The molecule has 0 saturated heterocycles. The van der Waals surface area contributed by atoms with E-state index < -0.39 is 6.10 Å². The van der Waals surface area contributed by atoms with Crippen molar-refractivity contribution in [3.63, 3.8) is 0 Å². The Labute approximate surface area is 84.6 Å². The maximum Gasteiger partial charge on any atom is 0.335 e. The van der Waals surface area contributed by atoms with Gasteiger partial charge in [0.2, 0.25) is 0 Å². The second kappa shape index (κ2) is 7.50. The van der Waals surface area contributed by atoms with Crippen molar-refractivity contribution in [3.8, 4) is 0 Å². The van der Waals surface area contributed by atoms with Gasteiger partial charge in [-0.3, -0.25) is 4.79 Å². The number of carbonyl (C=O) groups excluding carboxylic acids is 2. The first-order valence-corrected chi connectivity index (χ1v) is 4.95. The molecule has 0 rings (SSSR count). The third-order valence-electron chi connectivity index (χ3n) is 1.76. The molecule has 82 valence electrons. The number of hydrogen-bond acceptors (Lipinski definition) is 4. The molecule has 0 aliphatic heterocycles. The summed E-state index contributed by atoms with van der Waals surface area (Å²) in [5, 5.41) is 0. The van der Waals surface area contributed by atoms with Crippen LogP contribution in [0.2, 0.25) is 0 Å². The molecular weight excluding hydrogens is 184 g/mol. The molecule has 0 aliphatic rings. The minimum atomic E-state index is -0.606. The Morgan fingerprint density at radius 3 is 2.29 bits per heavy atom. The molecule has 0 bridgehead atoms. The molecule has 14 heavy (non-hydrogen) atoms. The summed E-state index contributed by atoms with van der Waals surface area (Å²) in [7, 11) is 0. The third kappa shape index (κ3) is 4.97. The van der Waals surface area contributed by atoms with Gasteiger partial charge >= 0.3 is 5.97 Å². The Morgan fingerprint density at radius 2 is 1.86 bits per heavy atom. The highest BCUT2D eigenvalue weighted by Crippen LogP contribution is 2.01. The van der Waals surface area contributed by atoms with Gasteiger partial charge in [0.15, 0.2) is 11.9 Å². The molecule has 0 aromatic carbocycles. The number of ketones is 1. The fourth-order valence-electron chi connectivity index (χ4n) is 0.883. The zero-order valence-corrected chi connectivity index (χ0v) is 9.04. The molecule has 1 unspecified atom stereocenters. The van der Waals surface area contributed by atoms with E-state index in [-0.39, 0.29) is 18.4 Å². The normalized spacial score (nSPS) is 12.2. The van der Waals surface area contributed by atoms with Crippen LogP contribution in [0.4, 0.5) is 0 Å². The van der Waals surface area contributed by atoms with Crippen LogP contribution in [0.1, 0.15) is 33.6 Å². The lowest BCUT2D eigenvalue weighted by atomic mass is 10.2. The summed E-state index contributed by atoms with van der Waals surface area (Å²) in [5.74, 6) is -0.397. The average molecular weight is 202 g/mol. The van der Waals surface area contributed by atoms with E-state index in [0.717, 1.165) is 0 Å². The molecule has 0 heterocycles. The zero-order chi connectivity index (χ0) is 11.0. The highest BCUT2D eigenvalue weighted by atomic mass is 16.6. The molecule has 0 aliphatic carbocycles. The summed E-state index contributed by atoms with van der Waals surface area (Å²) < 4.78 is 9.92. The SMILES string of the molecule is CCOC(=O)C(CC)OCC(=O)CC. The molecule has 0 radical (unpaired) electrons. The van der Waals surface area contributed by atoms with E-state index >= 15 is 0 Å². The minimum absolute atomic E-state index is 0.00613. The maximum absolute atomic E-state index is 11.2. The highest BCUT2D eigenvalue weighted by molar-refractivity contribution is 5.80. The van der Waals surface area contributed by atoms with E-state index in [1.807, 2.05) is 6.92 Å². The summed E-state index contributed by atoms with van der Waals surface area (Å²) >= 11 is 0. The van der Waals surface area contributed by atoms with Gasteiger partial charge < -0.3 is 9.47 Å². The second-order valence-electron chi connectivity index (χ2n) is 2.85. The first-order valence-electron chi connectivity index (χ1n) is 4.95. The number of Topliss-reactive ketones (excluding diaryl/α,β-unsaturated/α-hetero) is 1. The predicted molar refractivity (Wildman–Crippen MR) is 52.0 cm³/mol. The van der Waals surface area contributed by atoms with Crippen LogP contribution in [0.15, 0.2) is 0 Å². The van der Waals surface area contributed by atoms with Gasteiger partial charge in [-0.25, -0.2) is 4.79 Å². The van der Waals surface area contributed by atoms with Crippen LogP contribution in [0.3, 0.4) is 0 Å². The van der Waals surface area contributed by atoms with Gasteiger partial charge in [-0.1, -0.05) is 13.8 Å². The lowest BCUT2D eigenvalue weighted by Gasteiger charge is -2.13. The smallest absolute Gasteiger partial charge is 0.335 e. The zero-order valence-electron chi connectivity index (χ0n) is 9.04. The standard InChI is InChI=1S/C10H18O4/c1-4-8(11)7-14-9(5-2)10(12)13-6-3/h9H,4-7H2,1-3H3. The number of rotatable bonds is 7. The number of esters is 1. The molecule has 0 aromatic heterocycles. The van der Waals surface area contributed by atoms with Crippen molar-refractivity contribution >= 4 is 11.8 Å². The molecule has 0 fully saturated rings. The van der Waals surface area contributed by atoms with Crippen molar-refractivity contribution in [1.29, 1.82) is 0 Å². The number of ether oxygens (including phenoxy) is 2. The molecule has 1 atom stereocenters. The summed E-state index contributed by atoms with van der Waals surface area (Å²) in [6, 6.07) is 0. The molecule has 0 N–H and O–H groups in total. The monoisotopic (exact) mass is 202 g/mol. The summed E-state index contributed by atoms with van der Waals surface area (Å²) in [6.07, 6.45) is 0.347. The van der Waals surface area contributed by atoms with Gasteiger partial charge in [0.25, 0.3) is 0 Å². The van der Waals surface area contributed by atoms with Crippen molar-refractivity contribution < 1.29 is 19.1 Å². The van der Waals surface area contributed by atoms with Crippen LogP contribution in [-0.2, 0) is 19.1 Å². The van der Waals surface area contributed by atoms with Crippen molar-refractivity contribution in [2.45, 2.75) is 39.7 Å². The van der Waals surface area contributed by atoms with Crippen LogP contribution in [0, 0.1) is 0 Å². The van der Waals surface area contributed by atoms with Crippen LogP contribution in [0.25, 0.3) is 0 Å². The van der Waals surface area contributed by atoms with Gasteiger partial charge in [-0.15, -0.1) is 0 Å². The van der Waals surface area contributed by atoms with Crippen molar-refractivity contribution in [2.75, 3.05) is 13.2 Å². The molecular formula is C10H18O4. The van der Waals surface area contributed by atoms with E-state index in [2.05, 4.69) is 0 Å². The van der Waals surface area contributed by atoms with Crippen molar-refractivity contribution in [1.82, 2.24) is 0 Å². The molecule has 0 spiro atoms. The van der Waals surface area contributed by atoms with Crippen LogP contribution < -0.4 is 0 Å². The quantitative estimate of drug-likeness (QED) is 0.584. The fraction of sp³-hybridized carbons (Fsp3) is 0.800. The number of carbonyl (C=O) groups is 2. The lowest BCUT2D eigenvalue weighted by molar-refractivity contribution is -0.157. The minimum Gasteiger partial charge on any atom is -0.464 e. The largest absolute Gasteiger partial charge is 0.464 e. The van der Waals surface area contributed by atoms with Gasteiger partial charge in [0.1, 0.15) is 6.61 Å². The first kappa shape index (κ1) is 13.1. The van der Waals surface area contributed by atoms with Crippen molar-refractivity contribution in [3.05, 3.63) is 0 Å². The summed E-state index contributed by atoms with van der Waals surface area (Å²) in [4.78, 5) is 22.2. The maximum atomic E-state index is 11.2. The van der Waals surface area contributed by atoms with Gasteiger partial charge in [0.05, 0.1) is 6.61 Å². The third-order valence-corrected chi connectivity index (χ3v) is 1.76. The lowest BCUT2D eigenvalue weighted by Crippen LogP contribution is -2.28. The molecule has 4 nitrogen and oxygen atoms in total. The van der Waals surface area contributed by atoms with E-state index in [1.165, 1.54) is 0 Å².